The van der Waals surface area contributed by atoms with E-state index in [4.69, 9.17) is 9.47 Å². The minimum atomic E-state index is -0.405. The summed E-state index contributed by atoms with van der Waals surface area (Å²) < 4.78 is 23.3. The molecule has 0 aliphatic carbocycles. The van der Waals surface area contributed by atoms with Gasteiger partial charge in [-0.1, -0.05) is 0 Å². The summed E-state index contributed by atoms with van der Waals surface area (Å²) in [5.41, 5.74) is 0.464. The zero-order valence-corrected chi connectivity index (χ0v) is 12.0. The first-order valence-corrected chi connectivity index (χ1v) is 6.13. The van der Waals surface area contributed by atoms with Gasteiger partial charge in [0, 0.05) is 25.1 Å². The number of carbonyl (C=O) groups is 1. The van der Waals surface area contributed by atoms with Gasteiger partial charge < -0.3 is 20.1 Å². The molecule has 1 aliphatic rings. The predicted molar refractivity (Wildman–Crippen MR) is 76.1 cm³/mol. The lowest BCUT2D eigenvalue weighted by Crippen LogP contribution is -2.43. The Morgan fingerprint density at radius 1 is 1.60 bits per heavy atom. The Bertz CT molecular complexity index is 453. The second kappa shape index (κ2) is 8.04. The van der Waals surface area contributed by atoms with Crippen LogP contribution in [0.25, 0.3) is 0 Å². The zero-order valence-electron chi connectivity index (χ0n) is 11.1. The van der Waals surface area contributed by atoms with E-state index in [0.717, 1.165) is 6.54 Å². The van der Waals surface area contributed by atoms with Crippen LogP contribution < -0.4 is 15.4 Å². The average Bonchev–Trinajstić information content (AvgIpc) is 2.42. The Kier molecular flexibility index (Phi) is 6.70. The van der Waals surface area contributed by atoms with Crippen LogP contribution in [0.1, 0.15) is 6.42 Å². The zero-order chi connectivity index (χ0) is 13.7. The van der Waals surface area contributed by atoms with Crippen molar-refractivity contribution in [1.82, 2.24) is 5.32 Å². The number of hydrogen-bond donors (Lipinski definition) is 2. The van der Waals surface area contributed by atoms with Gasteiger partial charge in [-0.3, -0.25) is 4.79 Å². The van der Waals surface area contributed by atoms with Crippen LogP contribution >= 0.6 is 12.4 Å². The van der Waals surface area contributed by atoms with E-state index in [2.05, 4.69) is 10.6 Å². The first kappa shape index (κ1) is 16.7. The molecule has 0 spiro atoms. The van der Waals surface area contributed by atoms with E-state index < -0.39 is 5.82 Å². The fourth-order valence-electron chi connectivity index (χ4n) is 1.94. The van der Waals surface area contributed by atoms with Gasteiger partial charge in [0.25, 0.3) is 0 Å². The molecular formula is C13H18ClFN2O3. The predicted octanol–water partition coefficient (Wildman–Crippen LogP) is 1.57. The van der Waals surface area contributed by atoms with Gasteiger partial charge in [0.2, 0.25) is 5.91 Å². The van der Waals surface area contributed by atoms with Crippen LogP contribution in [-0.4, -0.2) is 38.8 Å². The van der Waals surface area contributed by atoms with Gasteiger partial charge in [-0.15, -0.1) is 12.4 Å². The molecule has 0 radical (unpaired) electrons. The molecule has 5 nitrogen and oxygen atoms in total. The number of ether oxygens (including phenoxy) is 2. The van der Waals surface area contributed by atoms with Crippen LogP contribution in [0.15, 0.2) is 18.2 Å². The Morgan fingerprint density at radius 3 is 3.05 bits per heavy atom. The van der Waals surface area contributed by atoms with Gasteiger partial charge in [0.05, 0.1) is 26.0 Å². The van der Waals surface area contributed by atoms with Crippen molar-refractivity contribution in [1.29, 1.82) is 0 Å². The number of hydrogen-bond acceptors (Lipinski definition) is 4. The number of rotatable bonds is 4. The number of morpholine rings is 1. The van der Waals surface area contributed by atoms with Crippen molar-refractivity contribution in [3.63, 3.8) is 0 Å². The van der Waals surface area contributed by atoms with Crippen LogP contribution in [0.5, 0.6) is 5.75 Å². The highest BCUT2D eigenvalue weighted by atomic mass is 35.5. The molecule has 1 fully saturated rings. The van der Waals surface area contributed by atoms with Gasteiger partial charge in [-0.05, 0) is 12.1 Å². The van der Waals surface area contributed by atoms with Gasteiger partial charge in [0.1, 0.15) is 11.6 Å². The minimum Gasteiger partial charge on any atom is -0.494 e. The van der Waals surface area contributed by atoms with Crippen molar-refractivity contribution < 1.29 is 18.7 Å². The third-order valence-corrected chi connectivity index (χ3v) is 2.87. The first-order valence-electron chi connectivity index (χ1n) is 6.13. The fraction of sp³-hybridized carbons (Fsp3) is 0.462. The molecule has 1 unspecified atom stereocenters. The van der Waals surface area contributed by atoms with E-state index >= 15 is 0 Å². The van der Waals surface area contributed by atoms with E-state index in [9.17, 15) is 9.18 Å². The van der Waals surface area contributed by atoms with Crippen LogP contribution in [-0.2, 0) is 9.53 Å². The molecule has 0 aromatic heterocycles. The van der Waals surface area contributed by atoms with Crippen LogP contribution in [0.2, 0.25) is 0 Å². The smallest absolute Gasteiger partial charge is 0.226 e. The van der Waals surface area contributed by atoms with Crippen molar-refractivity contribution in [3.8, 4) is 5.75 Å². The fourth-order valence-corrected chi connectivity index (χ4v) is 1.94. The summed E-state index contributed by atoms with van der Waals surface area (Å²) in [6, 6.07) is 4.01. The molecule has 20 heavy (non-hydrogen) atoms. The van der Waals surface area contributed by atoms with Crippen molar-refractivity contribution >= 4 is 24.0 Å². The molecule has 112 valence electrons. The second-order valence-electron chi connectivity index (χ2n) is 4.32. The topological polar surface area (TPSA) is 59.6 Å². The first-order chi connectivity index (χ1) is 9.19. The highest BCUT2D eigenvalue weighted by molar-refractivity contribution is 5.92. The average molecular weight is 305 g/mol. The summed E-state index contributed by atoms with van der Waals surface area (Å²) in [5, 5.41) is 5.91. The van der Waals surface area contributed by atoms with E-state index in [1.165, 1.54) is 25.3 Å². The maximum Gasteiger partial charge on any atom is 0.226 e. The summed E-state index contributed by atoms with van der Waals surface area (Å²) in [6.45, 7) is 1.94. The molecular weight excluding hydrogens is 287 g/mol. The highest BCUT2D eigenvalue weighted by Crippen LogP contribution is 2.25. The molecule has 1 saturated heterocycles. The van der Waals surface area contributed by atoms with Crippen molar-refractivity contribution in [2.45, 2.75) is 12.5 Å². The van der Waals surface area contributed by atoms with E-state index in [-0.39, 0.29) is 24.4 Å². The van der Waals surface area contributed by atoms with Crippen molar-refractivity contribution in [2.75, 3.05) is 32.2 Å². The lowest BCUT2D eigenvalue weighted by molar-refractivity contribution is -0.117. The summed E-state index contributed by atoms with van der Waals surface area (Å²) in [6.07, 6.45) is 0.306. The normalized spacial score (nSPS) is 18.0. The number of nitrogens with one attached hydrogen (secondary N) is 2. The van der Waals surface area contributed by atoms with Gasteiger partial charge in [0.15, 0.2) is 0 Å². The van der Waals surface area contributed by atoms with Crippen molar-refractivity contribution in [3.05, 3.63) is 24.0 Å². The van der Waals surface area contributed by atoms with Crippen LogP contribution in [0.3, 0.4) is 0 Å². The van der Waals surface area contributed by atoms with Gasteiger partial charge in [-0.25, -0.2) is 4.39 Å². The SMILES string of the molecule is COc1cc(F)ccc1NC(=O)CC1COCCN1.Cl. The molecule has 2 N–H and O–H groups in total. The van der Waals surface area contributed by atoms with Crippen LogP contribution in [0.4, 0.5) is 10.1 Å². The molecule has 7 heteroatoms. The quantitative estimate of drug-likeness (QED) is 0.886. The van der Waals surface area contributed by atoms with Crippen LogP contribution in [0, 0.1) is 5.82 Å². The Morgan fingerprint density at radius 2 is 2.40 bits per heavy atom. The number of methoxy groups -OCH3 is 1. The van der Waals surface area contributed by atoms with E-state index in [0.29, 0.717) is 31.1 Å². The molecule has 2 rings (SSSR count). The maximum absolute atomic E-state index is 13.0. The second-order valence-corrected chi connectivity index (χ2v) is 4.32. The molecule has 1 aliphatic heterocycles. The van der Waals surface area contributed by atoms with Gasteiger partial charge >= 0.3 is 0 Å². The maximum atomic E-state index is 13.0. The number of halogens is 2. The lowest BCUT2D eigenvalue weighted by atomic mass is 10.2. The van der Waals surface area contributed by atoms with E-state index in [1.54, 1.807) is 0 Å². The van der Waals surface area contributed by atoms with Gasteiger partial charge in [-0.2, -0.15) is 0 Å². The summed E-state index contributed by atoms with van der Waals surface area (Å²) in [5.74, 6) is -0.258. The largest absolute Gasteiger partial charge is 0.494 e. The number of carbonyl (C=O) groups excluding carboxylic acids is 1. The monoisotopic (exact) mass is 304 g/mol. The molecule has 1 aromatic rings. The van der Waals surface area contributed by atoms with E-state index in [1.807, 2.05) is 0 Å². The molecule has 1 amide bonds. The summed E-state index contributed by atoms with van der Waals surface area (Å²) in [4.78, 5) is 11.9. The number of benzene rings is 1. The Hall–Kier alpha value is -1.37. The third kappa shape index (κ3) is 4.63. The highest BCUT2D eigenvalue weighted by Gasteiger charge is 2.17. The minimum absolute atomic E-state index is 0. The molecule has 1 heterocycles. The standard InChI is InChI=1S/C13H17FN2O3.ClH/c1-18-12-6-9(14)2-3-11(12)16-13(17)7-10-8-19-5-4-15-10;/h2-3,6,10,15H,4-5,7-8H2,1H3,(H,16,17);1H. The molecule has 0 bridgehead atoms. The number of anilines is 1. The summed E-state index contributed by atoms with van der Waals surface area (Å²) in [7, 11) is 1.43. The Labute approximate surface area is 123 Å². The Balaban J connectivity index is 0.00000200. The van der Waals surface area contributed by atoms with Crippen molar-refractivity contribution in [2.24, 2.45) is 0 Å². The molecule has 0 saturated carbocycles. The molecule has 1 aromatic carbocycles. The third-order valence-electron chi connectivity index (χ3n) is 2.87. The molecule has 1 atom stereocenters. The summed E-state index contributed by atoms with van der Waals surface area (Å²) >= 11 is 0. The number of amides is 1. The lowest BCUT2D eigenvalue weighted by Gasteiger charge is -2.23.